The summed E-state index contributed by atoms with van der Waals surface area (Å²) in [5.74, 6) is -0.264. The summed E-state index contributed by atoms with van der Waals surface area (Å²) in [6.07, 6.45) is 10.1. The highest BCUT2D eigenvalue weighted by Crippen LogP contribution is 2.14. The normalized spacial score (nSPS) is 14.6. The van der Waals surface area contributed by atoms with Gasteiger partial charge in [0.25, 0.3) is 5.91 Å². The van der Waals surface area contributed by atoms with Crippen LogP contribution in [0.25, 0.3) is 0 Å². The average Bonchev–Trinajstić information content (AvgIpc) is 2.97. The van der Waals surface area contributed by atoms with Crippen LogP contribution in [0.3, 0.4) is 0 Å². The van der Waals surface area contributed by atoms with Gasteiger partial charge in [-0.25, -0.2) is 15.0 Å². The second-order valence-electron chi connectivity index (χ2n) is 4.49. The second-order valence-corrected chi connectivity index (χ2v) is 5.26. The highest BCUT2D eigenvalue weighted by Gasteiger charge is 2.11. The Labute approximate surface area is 124 Å². The third kappa shape index (κ3) is 5.44. The summed E-state index contributed by atoms with van der Waals surface area (Å²) in [7, 11) is 2.96. The number of carbonyl (C=O) groups excluding carboxylic acids is 1. The molecule has 0 bridgehead atoms. The van der Waals surface area contributed by atoms with Crippen molar-refractivity contribution in [2.45, 2.75) is 36.9 Å². The Morgan fingerprint density at radius 2 is 1.95 bits per heavy atom. The van der Waals surface area contributed by atoms with Crippen molar-refractivity contribution in [3.8, 4) is 0 Å². The highest BCUT2D eigenvalue weighted by molar-refractivity contribution is 7.98. The number of rotatable bonds is 3. The first kappa shape index (κ1) is 16.9. The van der Waals surface area contributed by atoms with Crippen LogP contribution in [-0.2, 0) is 4.84 Å². The Morgan fingerprint density at radius 1 is 1.40 bits per heavy atom. The van der Waals surface area contributed by atoms with Gasteiger partial charge in [0, 0.05) is 25.5 Å². The first-order chi connectivity index (χ1) is 9.58. The van der Waals surface area contributed by atoms with E-state index in [9.17, 15) is 4.79 Å². The van der Waals surface area contributed by atoms with E-state index in [-0.39, 0.29) is 5.91 Å². The number of amides is 1. The summed E-state index contributed by atoms with van der Waals surface area (Å²) >= 11 is 1.42. The molecule has 1 fully saturated rings. The van der Waals surface area contributed by atoms with Crippen LogP contribution in [0.1, 0.15) is 36.0 Å². The molecule has 1 amide bonds. The van der Waals surface area contributed by atoms with E-state index >= 15 is 0 Å². The van der Waals surface area contributed by atoms with Gasteiger partial charge in [-0.2, -0.15) is 0 Å². The first-order valence-corrected chi connectivity index (χ1v) is 7.74. The molecule has 20 heavy (non-hydrogen) atoms. The van der Waals surface area contributed by atoms with Crippen molar-refractivity contribution in [2.24, 2.45) is 5.73 Å². The van der Waals surface area contributed by atoms with E-state index in [2.05, 4.69) is 9.97 Å². The number of hydroxylamine groups is 2. The van der Waals surface area contributed by atoms with Gasteiger partial charge in [-0.1, -0.05) is 24.6 Å². The van der Waals surface area contributed by atoms with E-state index in [1.54, 1.807) is 0 Å². The average molecular weight is 298 g/mol. The van der Waals surface area contributed by atoms with Gasteiger partial charge in [0.15, 0.2) is 5.16 Å². The van der Waals surface area contributed by atoms with Crippen LogP contribution in [0.15, 0.2) is 17.6 Å². The zero-order valence-electron chi connectivity index (χ0n) is 12.2. The third-order valence-corrected chi connectivity index (χ3v) is 3.59. The lowest BCUT2D eigenvalue weighted by molar-refractivity contribution is -0.0757. The molecule has 1 heterocycles. The Hall–Kier alpha value is -1.18. The molecule has 0 unspecified atom stereocenters. The molecule has 2 N–H and O–H groups in total. The third-order valence-electron chi connectivity index (χ3n) is 3.02. The molecule has 6 nitrogen and oxygen atoms in total. The molecule has 1 aliphatic rings. The number of nitrogens with two attached hydrogens (primary N) is 1. The van der Waals surface area contributed by atoms with Crippen molar-refractivity contribution in [3.63, 3.8) is 0 Å². The lowest BCUT2D eigenvalue weighted by atomic mass is 10.3. The molecule has 112 valence electrons. The fourth-order valence-electron chi connectivity index (χ4n) is 1.75. The Morgan fingerprint density at radius 3 is 2.30 bits per heavy atom. The van der Waals surface area contributed by atoms with E-state index in [4.69, 9.17) is 10.6 Å². The minimum absolute atomic E-state index is 0.264. The molecule has 1 aliphatic carbocycles. The van der Waals surface area contributed by atoms with Crippen molar-refractivity contribution >= 4 is 17.7 Å². The molecule has 0 aromatic carbocycles. The van der Waals surface area contributed by atoms with Gasteiger partial charge in [0.05, 0.1) is 12.7 Å². The SMILES string of the molecule is CON(C)C(=O)c1cnc(SC)nc1.NC1CCCC1. The first-order valence-electron chi connectivity index (χ1n) is 6.52. The number of nitrogens with zero attached hydrogens (tertiary/aromatic N) is 3. The van der Waals surface area contributed by atoms with Gasteiger partial charge < -0.3 is 5.73 Å². The van der Waals surface area contributed by atoms with Crippen molar-refractivity contribution in [3.05, 3.63) is 18.0 Å². The van der Waals surface area contributed by atoms with Crippen LogP contribution >= 0.6 is 11.8 Å². The predicted octanol–water partition coefficient (Wildman–Crippen LogP) is 1.72. The molecule has 1 saturated carbocycles. The van der Waals surface area contributed by atoms with Crippen LogP contribution in [0.2, 0.25) is 0 Å². The Bertz CT molecular complexity index is 407. The topological polar surface area (TPSA) is 81.3 Å². The smallest absolute Gasteiger partial charge is 0.280 e. The molecule has 0 aliphatic heterocycles. The number of hydrogen-bond acceptors (Lipinski definition) is 6. The lowest BCUT2D eigenvalue weighted by Gasteiger charge is -2.12. The molecule has 0 saturated heterocycles. The summed E-state index contributed by atoms with van der Waals surface area (Å²) in [4.78, 5) is 24.2. The van der Waals surface area contributed by atoms with Gasteiger partial charge in [-0.05, 0) is 19.1 Å². The number of hydrogen-bond donors (Lipinski definition) is 1. The van der Waals surface area contributed by atoms with Crippen molar-refractivity contribution in [1.29, 1.82) is 0 Å². The van der Waals surface area contributed by atoms with E-state index in [1.165, 1.54) is 64.0 Å². The molecule has 2 rings (SSSR count). The van der Waals surface area contributed by atoms with Crippen molar-refractivity contribution in [2.75, 3.05) is 20.4 Å². The number of thioether (sulfide) groups is 1. The van der Waals surface area contributed by atoms with Crippen LogP contribution in [-0.4, -0.2) is 47.4 Å². The minimum Gasteiger partial charge on any atom is -0.328 e. The monoisotopic (exact) mass is 298 g/mol. The molecule has 0 radical (unpaired) electrons. The van der Waals surface area contributed by atoms with Gasteiger partial charge in [0.2, 0.25) is 0 Å². The van der Waals surface area contributed by atoms with Gasteiger partial charge in [0.1, 0.15) is 0 Å². The fraction of sp³-hybridized carbons (Fsp3) is 0.615. The summed E-state index contributed by atoms with van der Waals surface area (Å²) in [6, 6.07) is 0.546. The second kappa shape index (κ2) is 8.89. The maximum Gasteiger partial charge on any atom is 0.280 e. The van der Waals surface area contributed by atoms with Crippen LogP contribution in [0.4, 0.5) is 0 Å². The number of aromatic nitrogens is 2. The number of carbonyl (C=O) groups is 1. The Balaban J connectivity index is 0.000000276. The molecule has 0 spiro atoms. The van der Waals surface area contributed by atoms with Gasteiger partial charge in [-0.3, -0.25) is 9.63 Å². The van der Waals surface area contributed by atoms with Crippen LogP contribution < -0.4 is 5.73 Å². The quantitative estimate of drug-likeness (QED) is 0.520. The zero-order chi connectivity index (χ0) is 15.0. The van der Waals surface area contributed by atoms with E-state index in [0.29, 0.717) is 16.8 Å². The summed E-state index contributed by atoms with van der Waals surface area (Å²) in [5, 5.41) is 1.76. The highest BCUT2D eigenvalue weighted by atomic mass is 32.2. The standard InChI is InChI=1S/C8H11N3O2S.C5H11N/c1-11(13-2)7(12)6-4-9-8(14-3)10-5-6;6-5-3-1-2-4-5/h4-5H,1-3H3;5H,1-4,6H2. The maximum absolute atomic E-state index is 11.5. The predicted molar refractivity (Wildman–Crippen MR) is 79.4 cm³/mol. The summed E-state index contributed by atoms with van der Waals surface area (Å²) in [6.45, 7) is 0. The van der Waals surface area contributed by atoms with Crippen molar-refractivity contribution < 1.29 is 9.63 Å². The van der Waals surface area contributed by atoms with E-state index < -0.39 is 0 Å². The van der Waals surface area contributed by atoms with E-state index in [0.717, 1.165) is 5.06 Å². The molecule has 7 heteroatoms. The van der Waals surface area contributed by atoms with Crippen LogP contribution in [0.5, 0.6) is 0 Å². The van der Waals surface area contributed by atoms with E-state index in [1.807, 2.05) is 6.26 Å². The molecule has 0 atom stereocenters. The molecular weight excluding hydrogens is 276 g/mol. The van der Waals surface area contributed by atoms with Gasteiger partial charge in [-0.15, -0.1) is 0 Å². The van der Waals surface area contributed by atoms with Crippen molar-refractivity contribution in [1.82, 2.24) is 15.0 Å². The summed E-state index contributed by atoms with van der Waals surface area (Å²) < 4.78 is 0. The molecular formula is C13H22N4O2S. The summed E-state index contributed by atoms with van der Waals surface area (Å²) in [5.41, 5.74) is 5.94. The molecule has 1 aromatic heterocycles. The van der Waals surface area contributed by atoms with Gasteiger partial charge >= 0.3 is 0 Å². The maximum atomic E-state index is 11.5. The fourth-order valence-corrected chi connectivity index (χ4v) is 2.07. The zero-order valence-corrected chi connectivity index (χ0v) is 13.0. The lowest BCUT2D eigenvalue weighted by Crippen LogP contribution is -2.25. The van der Waals surface area contributed by atoms with Crippen LogP contribution in [0, 0.1) is 0 Å². The molecule has 1 aromatic rings. The minimum atomic E-state index is -0.264. The Kier molecular flexibility index (Phi) is 7.50. The largest absolute Gasteiger partial charge is 0.328 e.